The lowest BCUT2D eigenvalue weighted by molar-refractivity contribution is 0.600. The molecule has 0 aliphatic heterocycles. The second-order valence-electron chi connectivity index (χ2n) is 2.29. The molecule has 0 spiro atoms. The van der Waals surface area contributed by atoms with Crippen molar-refractivity contribution in [2.24, 2.45) is 0 Å². The Morgan fingerprint density at radius 2 is 2.00 bits per heavy atom. The smallest absolute Gasteiger partial charge is 0.154 e. The first-order chi connectivity index (χ1) is 5.51. The number of sulfone groups is 1. The Balaban J connectivity index is 2.78. The second-order valence-corrected chi connectivity index (χ2v) is 5.85. The zero-order valence-electron chi connectivity index (χ0n) is 6.32. The molecule has 68 valence electrons. The van der Waals surface area contributed by atoms with Crippen molar-refractivity contribution in [1.82, 2.24) is 10.2 Å². The molecule has 0 unspecified atom stereocenters. The molecular formula is C5H7ClN2O2S2. The third-order valence-electron chi connectivity index (χ3n) is 1.01. The molecule has 0 saturated carbocycles. The number of alkyl halides is 1. The van der Waals surface area contributed by atoms with Crippen molar-refractivity contribution in [2.75, 3.05) is 6.26 Å². The van der Waals surface area contributed by atoms with Gasteiger partial charge >= 0.3 is 0 Å². The number of rotatable bonds is 3. The van der Waals surface area contributed by atoms with Crippen molar-refractivity contribution in [3.05, 3.63) is 10.0 Å². The van der Waals surface area contributed by atoms with Crippen molar-refractivity contribution in [2.45, 2.75) is 11.6 Å². The fraction of sp³-hybridized carbons (Fsp3) is 0.600. The number of nitrogens with zero attached hydrogens (tertiary/aromatic N) is 2. The molecule has 1 rings (SSSR count). The van der Waals surface area contributed by atoms with E-state index < -0.39 is 9.84 Å². The summed E-state index contributed by atoms with van der Waals surface area (Å²) in [7, 11) is -3.01. The molecule has 7 heteroatoms. The molecule has 12 heavy (non-hydrogen) atoms. The van der Waals surface area contributed by atoms with E-state index in [9.17, 15) is 8.42 Å². The second kappa shape index (κ2) is 3.68. The highest BCUT2D eigenvalue weighted by Gasteiger charge is 2.09. The monoisotopic (exact) mass is 226 g/mol. The van der Waals surface area contributed by atoms with Crippen molar-refractivity contribution in [3.63, 3.8) is 0 Å². The average Bonchev–Trinajstić information content (AvgIpc) is 2.32. The van der Waals surface area contributed by atoms with E-state index in [4.69, 9.17) is 11.6 Å². The van der Waals surface area contributed by atoms with E-state index in [1.807, 2.05) is 0 Å². The van der Waals surface area contributed by atoms with Crippen LogP contribution < -0.4 is 0 Å². The Kier molecular flexibility index (Phi) is 3.03. The van der Waals surface area contributed by atoms with Crippen molar-refractivity contribution in [3.8, 4) is 0 Å². The minimum atomic E-state index is -3.01. The van der Waals surface area contributed by atoms with Crippen LogP contribution in [0.15, 0.2) is 0 Å². The van der Waals surface area contributed by atoms with Crippen molar-refractivity contribution >= 4 is 32.8 Å². The molecular weight excluding hydrogens is 220 g/mol. The maximum absolute atomic E-state index is 10.8. The van der Waals surface area contributed by atoms with E-state index >= 15 is 0 Å². The van der Waals surface area contributed by atoms with Gasteiger partial charge in [0.2, 0.25) is 0 Å². The Morgan fingerprint density at radius 1 is 1.42 bits per heavy atom. The molecule has 0 N–H and O–H groups in total. The normalized spacial score (nSPS) is 11.8. The fourth-order valence-corrected chi connectivity index (χ4v) is 2.72. The molecule has 1 heterocycles. The molecule has 1 aromatic rings. The minimum absolute atomic E-state index is 0.0540. The SMILES string of the molecule is CS(=O)(=O)Cc1nnc(CCl)s1. The number of aromatic nitrogens is 2. The molecule has 0 bridgehead atoms. The van der Waals surface area contributed by atoms with Gasteiger partial charge in [0.1, 0.15) is 15.8 Å². The van der Waals surface area contributed by atoms with Crippen LogP contribution in [0.25, 0.3) is 0 Å². The van der Waals surface area contributed by atoms with E-state index in [-0.39, 0.29) is 11.6 Å². The molecule has 0 aliphatic carbocycles. The quantitative estimate of drug-likeness (QED) is 0.716. The summed E-state index contributed by atoms with van der Waals surface area (Å²) in [6.07, 6.45) is 1.16. The summed E-state index contributed by atoms with van der Waals surface area (Å²) in [6.45, 7) is 0. The lowest BCUT2D eigenvalue weighted by Gasteiger charge is -1.89. The molecule has 0 aliphatic rings. The fourth-order valence-electron chi connectivity index (χ4n) is 0.625. The maximum atomic E-state index is 10.8. The van der Waals surface area contributed by atoms with E-state index in [0.29, 0.717) is 10.0 Å². The van der Waals surface area contributed by atoms with Gasteiger partial charge in [0.25, 0.3) is 0 Å². The van der Waals surface area contributed by atoms with Crippen LogP contribution in [0.1, 0.15) is 10.0 Å². The van der Waals surface area contributed by atoms with Gasteiger partial charge in [0.15, 0.2) is 9.84 Å². The predicted molar refractivity (Wildman–Crippen MR) is 48.0 cm³/mol. The number of hydrogen-bond donors (Lipinski definition) is 0. The van der Waals surface area contributed by atoms with E-state index in [2.05, 4.69) is 10.2 Å². The number of halogens is 1. The van der Waals surface area contributed by atoms with Crippen LogP contribution in [0.5, 0.6) is 0 Å². The molecule has 0 radical (unpaired) electrons. The zero-order chi connectivity index (χ0) is 9.19. The standard InChI is InChI=1S/C5H7ClN2O2S2/c1-12(9,10)3-5-8-7-4(2-6)11-5/h2-3H2,1H3. The average molecular weight is 227 g/mol. The van der Waals surface area contributed by atoms with Gasteiger partial charge in [-0.3, -0.25) is 0 Å². The van der Waals surface area contributed by atoms with Gasteiger partial charge in [-0.25, -0.2) is 8.42 Å². The first-order valence-corrected chi connectivity index (χ1v) is 6.47. The van der Waals surface area contributed by atoms with Crippen molar-refractivity contribution < 1.29 is 8.42 Å². The first-order valence-electron chi connectivity index (χ1n) is 3.06. The lowest BCUT2D eigenvalue weighted by atomic mass is 10.8. The third kappa shape index (κ3) is 3.04. The summed E-state index contributed by atoms with van der Waals surface area (Å²) in [6, 6.07) is 0. The highest BCUT2D eigenvalue weighted by atomic mass is 35.5. The third-order valence-corrected chi connectivity index (χ3v) is 3.32. The van der Waals surface area contributed by atoms with Crippen LogP contribution >= 0.6 is 22.9 Å². The van der Waals surface area contributed by atoms with Gasteiger partial charge in [0, 0.05) is 6.26 Å². The van der Waals surface area contributed by atoms with E-state index in [1.165, 1.54) is 11.3 Å². The summed E-state index contributed by atoms with van der Waals surface area (Å²) in [5.41, 5.74) is 0. The van der Waals surface area contributed by atoms with Crippen LogP contribution in [-0.4, -0.2) is 24.9 Å². The summed E-state index contributed by atoms with van der Waals surface area (Å²) in [4.78, 5) is 0. The largest absolute Gasteiger partial charge is 0.229 e. The highest BCUT2D eigenvalue weighted by molar-refractivity contribution is 7.90. The molecule has 1 aromatic heterocycles. The van der Waals surface area contributed by atoms with Gasteiger partial charge in [-0.2, -0.15) is 0 Å². The molecule has 0 amide bonds. The van der Waals surface area contributed by atoms with E-state index in [0.717, 1.165) is 6.26 Å². The Hall–Kier alpha value is -0.200. The minimum Gasteiger partial charge on any atom is -0.229 e. The summed E-state index contributed by atoms with van der Waals surface area (Å²) in [5, 5.41) is 8.51. The van der Waals surface area contributed by atoms with Gasteiger partial charge in [-0.15, -0.1) is 21.8 Å². The zero-order valence-corrected chi connectivity index (χ0v) is 8.71. The Morgan fingerprint density at radius 3 is 2.42 bits per heavy atom. The summed E-state index contributed by atoms with van der Waals surface area (Å²) >= 11 is 6.70. The van der Waals surface area contributed by atoms with Crippen LogP contribution in [0.3, 0.4) is 0 Å². The Bertz CT molecular complexity index is 359. The summed E-state index contributed by atoms with van der Waals surface area (Å²) in [5.74, 6) is 0.225. The van der Waals surface area contributed by atoms with Crippen LogP contribution in [-0.2, 0) is 21.5 Å². The highest BCUT2D eigenvalue weighted by Crippen LogP contribution is 2.13. The van der Waals surface area contributed by atoms with E-state index in [1.54, 1.807) is 0 Å². The maximum Gasteiger partial charge on any atom is 0.154 e. The predicted octanol–water partition coefficient (Wildman–Crippen LogP) is 0.822. The molecule has 0 saturated heterocycles. The molecule has 0 aromatic carbocycles. The van der Waals surface area contributed by atoms with Crippen LogP contribution in [0.2, 0.25) is 0 Å². The lowest BCUT2D eigenvalue weighted by Crippen LogP contribution is -1.99. The van der Waals surface area contributed by atoms with Gasteiger partial charge in [0.05, 0.1) is 5.88 Å². The first kappa shape index (κ1) is 9.88. The number of hydrogen-bond acceptors (Lipinski definition) is 5. The Labute approximate surface area is 79.5 Å². The van der Waals surface area contributed by atoms with Crippen LogP contribution in [0, 0.1) is 0 Å². The molecule has 0 fully saturated rings. The van der Waals surface area contributed by atoms with Crippen LogP contribution in [0.4, 0.5) is 0 Å². The van der Waals surface area contributed by atoms with Gasteiger partial charge in [-0.05, 0) is 0 Å². The van der Waals surface area contributed by atoms with Gasteiger partial charge in [-0.1, -0.05) is 11.3 Å². The summed E-state index contributed by atoms with van der Waals surface area (Å²) < 4.78 is 21.6. The van der Waals surface area contributed by atoms with Gasteiger partial charge < -0.3 is 0 Å². The molecule has 4 nitrogen and oxygen atoms in total. The molecule has 0 atom stereocenters. The topological polar surface area (TPSA) is 59.9 Å². The van der Waals surface area contributed by atoms with Crippen molar-refractivity contribution in [1.29, 1.82) is 0 Å².